The third-order valence-corrected chi connectivity index (χ3v) is 2.62. The van der Waals surface area contributed by atoms with Crippen molar-refractivity contribution in [3.63, 3.8) is 0 Å². The van der Waals surface area contributed by atoms with E-state index in [0.717, 1.165) is 5.56 Å². The van der Waals surface area contributed by atoms with Crippen molar-refractivity contribution < 1.29 is 13.6 Å². The zero-order valence-corrected chi connectivity index (χ0v) is 10.5. The standard InChI is InChI=1S/C13H18F2N2O/c1-13(2,7-11(16)18)17-8-9-3-5-10(6-4-9)12(14)15/h3-6,12,17H,7-8H2,1-2H3,(H2,16,18). The molecule has 1 aromatic rings. The van der Waals surface area contributed by atoms with Crippen LogP contribution in [0.3, 0.4) is 0 Å². The molecule has 0 atom stereocenters. The topological polar surface area (TPSA) is 55.1 Å². The molecule has 5 heteroatoms. The van der Waals surface area contributed by atoms with Crippen molar-refractivity contribution in [2.24, 2.45) is 5.73 Å². The van der Waals surface area contributed by atoms with E-state index in [2.05, 4.69) is 5.32 Å². The van der Waals surface area contributed by atoms with Gasteiger partial charge in [-0.3, -0.25) is 4.79 Å². The molecule has 0 spiro atoms. The van der Waals surface area contributed by atoms with Gasteiger partial charge in [0.15, 0.2) is 0 Å². The summed E-state index contributed by atoms with van der Waals surface area (Å²) in [4.78, 5) is 10.8. The molecule has 1 rings (SSSR count). The normalized spacial score (nSPS) is 11.8. The van der Waals surface area contributed by atoms with Crippen molar-refractivity contribution in [3.8, 4) is 0 Å². The third-order valence-electron chi connectivity index (χ3n) is 2.62. The number of alkyl halides is 2. The van der Waals surface area contributed by atoms with E-state index in [0.29, 0.717) is 6.54 Å². The third kappa shape index (κ3) is 4.79. The first-order valence-electron chi connectivity index (χ1n) is 5.70. The van der Waals surface area contributed by atoms with Crippen LogP contribution in [0.25, 0.3) is 0 Å². The van der Waals surface area contributed by atoms with Gasteiger partial charge in [0, 0.05) is 24.1 Å². The Balaban J connectivity index is 2.55. The summed E-state index contributed by atoms with van der Waals surface area (Å²) in [6.07, 6.45) is -2.22. The van der Waals surface area contributed by atoms with E-state index in [4.69, 9.17) is 5.73 Å². The molecule has 3 nitrogen and oxygen atoms in total. The Bertz CT molecular complexity index is 402. The summed E-state index contributed by atoms with van der Waals surface area (Å²) in [5.74, 6) is -0.374. The van der Waals surface area contributed by atoms with Crippen LogP contribution in [0.5, 0.6) is 0 Å². The zero-order chi connectivity index (χ0) is 13.8. The summed E-state index contributed by atoms with van der Waals surface area (Å²) in [7, 11) is 0. The fourth-order valence-corrected chi connectivity index (χ4v) is 1.62. The van der Waals surface area contributed by atoms with Crippen molar-refractivity contribution in [2.45, 2.75) is 38.8 Å². The highest BCUT2D eigenvalue weighted by atomic mass is 19.3. The Morgan fingerprint density at radius 3 is 2.33 bits per heavy atom. The summed E-state index contributed by atoms with van der Waals surface area (Å²) in [5, 5.41) is 3.17. The van der Waals surface area contributed by atoms with E-state index >= 15 is 0 Å². The molecule has 0 aliphatic rings. The van der Waals surface area contributed by atoms with Gasteiger partial charge in [-0.2, -0.15) is 0 Å². The van der Waals surface area contributed by atoms with Gasteiger partial charge < -0.3 is 11.1 Å². The molecule has 100 valence electrons. The first kappa shape index (κ1) is 14.6. The van der Waals surface area contributed by atoms with Crippen LogP contribution in [0.2, 0.25) is 0 Å². The van der Waals surface area contributed by atoms with E-state index in [1.54, 1.807) is 12.1 Å². The quantitative estimate of drug-likeness (QED) is 0.821. The molecule has 0 aromatic heterocycles. The maximum absolute atomic E-state index is 12.4. The summed E-state index contributed by atoms with van der Waals surface area (Å²) in [5.41, 5.74) is 5.62. The summed E-state index contributed by atoms with van der Waals surface area (Å²) in [6, 6.07) is 6.11. The molecule has 0 saturated carbocycles. The van der Waals surface area contributed by atoms with E-state index < -0.39 is 12.0 Å². The predicted molar refractivity (Wildman–Crippen MR) is 66.1 cm³/mol. The molecule has 0 heterocycles. The number of hydrogen-bond donors (Lipinski definition) is 2. The molecule has 3 N–H and O–H groups in total. The minimum atomic E-state index is -2.45. The minimum Gasteiger partial charge on any atom is -0.370 e. The molecule has 0 aliphatic heterocycles. The van der Waals surface area contributed by atoms with Gasteiger partial charge in [-0.25, -0.2) is 8.78 Å². The number of carbonyl (C=O) groups is 1. The summed E-state index contributed by atoms with van der Waals surface area (Å²) in [6.45, 7) is 4.24. The number of carbonyl (C=O) groups excluding carboxylic acids is 1. The fourth-order valence-electron chi connectivity index (χ4n) is 1.62. The van der Waals surface area contributed by atoms with Gasteiger partial charge in [-0.05, 0) is 19.4 Å². The fraction of sp³-hybridized carbons (Fsp3) is 0.462. The number of halogens is 2. The summed E-state index contributed by atoms with van der Waals surface area (Å²) >= 11 is 0. The highest BCUT2D eigenvalue weighted by Gasteiger charge is 2.19. The lowest BCUT2D eigenvalue weighted by molar-refractivity contribution is -0.119. The van der Waals surface area contributed by atoms with Crippen LogP contribution in [0.1, 0.15) is 37.8 Å². The molecule has 0 fully saturated rings. The first-order chi connectivity index (χ1) is 8.30. The number of rotatable bonds is 6. The molecule has 1 aromatic carbocycles. The SMILES string of the molecule is CC(C)(CC(N)=O)NCc1ccc(C(F)F)cc1. The molecule has 0 radical (unpaired) electrons. The average Bonchev–Trinajstić information content (AvgIpc) is 2.25. The zero-order valence-electron chi connectivity index (χ0n) is 10.5. The monoisotopic (exact) mass is 256 g/mol. The van der Waals surface area contributed by atoms with Crippen molar-refractivity contribution in [1.29, 1.82) is 0 Å². The van der Waals surface area contributed by atoms with E-state index in [-0.39, 0.29) is 17.9 Å². The van der Waals surface area contributed by atoms with Crippen LogP contribution in [0, 0.1) is 0 Å². The maximum Gasteiger partial charge on any atom is 0.263 e. The van der Waals surface area contributed by atoms with Crippen LogP contribution >= 0.6 is 0 Å². The first-order valence-corrected chi connectivity index (χ1v) is 5.70. The van der Waals surface area contributed by atoms with Gasteiger partial charge in [0.25, 0.3) is 6.43 Å². The molecular formula is C13H18F2N2O. The van der Waals surface area contributed by atoms with Gasteiger partial charge in [0.2, 0.25) is 5.91 Å². The Labute approximate surface area is 105 Å². The Morgan fingerprint density at radius 2 is 1.89 bits per heavy atom. The lowest BCUT2D eigenvalue weighted by Crippen LogP contribution is -2.42. The Hall–Kier alpha value is -1.49. The Kier molecular flexibility index (Phi) is 4.78. The molecule has 1 amide bonds. The molecular weight excluding hydrogens is 238 g/mol. The highest BCUT2D eigenvalue weighted by molar-refractivity contribution is 5.74. The number of hydrogen-bond acceptors (Lipinski definition) is 2. The largest absolute Gasteiger partial charge is 0.370 e. The second kappa shape index (κ2) is 5.91. The number of primary amides is 1. The van der Waals surface area contributed by atoms with Gasteiger partial charge in [-0.15, -0.1) is 0 Å². The van der Waals surface area contributed by atoms with Gasteiger partial charge in [0.1, 0.15) is 0 Å². The average molecular weight is 256 g/mol. The van der Waals surface area contributed by atoms with Crippen LogP contribution < -0.4 is 11.1 Å². The molecule has 0 unspecified atom stereocenters. The van der Waals surface area contributed by atoms with E-state index in [9.17, 15) is 13.6 Å². The lowest BCUT2D eigenvalue weighted by Gasteiger charge is -2.24. The summed E-state index contributed by atoms with van der Waals surface area (Å²) < 4.78 is 24.7. The minimum absolute atomic E-state index is 0.00939. The van der Waals surface area contributed by atoms with Crippen LogP contribution in [0.15, 0.2) is 24.3 Å². The van der Waals surface area contributed by atoms with Crippen LogP contribution in [-0.4, -0.2) is 11.4 Å². The highest BCUT2D eigenvalue weighted by Crippen LogP contribution is 2.19. The lowest BCUT2D eigenvalue weighted by atomic mass is 10.00. The molecule has 0 bridgehead atoms. The second-order valence-corrected chi connectivity index (χ2v) is 4.92. The van der Waals surface area contributed by atoms with Crippen molar-refractivity contribution in [1.82, 2.24) is 5.32 Å². The van der Waals surface area contributed by atoms with Gasteiger partial charge >= 0.3 is 0 Å². The smallest absolute Gasteiger partial charge is 0.263 e. The Morgan fingerprint density at radius 1 is 1.33 bits per heavy atom. The molecule has 0 saturated heterocycles. The van der Waals surface area contributed by atoms with Crippen LogP contribution in [-0.2, 0) is 11.3 Å². The van der Waals surface area contributed by atoms with Gasteiger partial charge in [0.05, 0.1) is 0 Å². The van der Waals surface area contributed by atoms with Crippen molar-refractivity contribution in [3.05, 3.63) is 35.4 Å². The second-order valence-electron chi connectivity index (χ2n) is 4.92. The van der Waals surface area contributed by atoms with Crippen molar-refractivity contribution in [2.75, 3.05) is 0 Å². The van der Waals surface area contributed by atoms with Crippen LogP contribution in [0.4, 0.5) is 8.78 Å². The number of benzene rings is 1. The molecule has 0 aliphatic carbocycles. The number of nitrogens with two attached hydrogens (primary N) is 1. The predicted octanol–water partition coefficient (Wildman–Crippen LogP) is 2.37. The van der Waals surface area contributed by atoms with E-state index in [1.807, 2.05) is 13.8 Å². The maximum atomic E-state index is 12.4. The number of nitrogens with one attached hydrogen (secondary N) is 1. The number of amides is 1. The van der Waals surface area contributed by atoms with E-state index in [1.165, 1.54) is 12.1 Å². The van der Waals surface area contributed by atoms with Crippen molar-refractivity contribution >= 4 is 5.91 Å². The van der Waals surface area contributed by atoms with Gasteiger partial charge in [-0.1, -0.05) is 24.3 Å². The molecule has 18 heavy (non-hydrogen) atoms.